The molecule has 5 rings (SSSR count). The molecule has 1 saturated carbocycles. The molecule has 4 nitrogen and oxygen atoms in total. The van der Waals surface area contributed by atoms with E-state index >= 15 is 0 Å². The van der Waals surface area contributed by atoms with Crippen LogP contribution in [0.1, 0.15) is 48.2 Å². The highest BCUT2D eigenvalue weighted by Gasteiger charge is 2.82. The van der Waals surface area contributed by atoms with Crippen molar-refractivity contribution in [2.24, 2.45) is 11.3 Å². The number of halogens is 2. The summed E-state index contributed by atoms with van der Waals surface area (Å²) in [6.45, 7) is 4.79. The van der Waals surface area contributed by atoms with Crippen molar-refractivity contribution in [3.63, 3.8) is 0 Å². The standard InChI is InChI=1S/C27H25ClINO3/c1-17(2)27(25(29)12-10-20(28)11-13-25)16-26(27)21-8-3-4-9-22(21)30(24(26)33)15-18-6-5-7-19(14-18)23(31)32/h3-12,14,17H,13,15-16H2,1-2H3,(H,31,32)/t25-,26+,27+/m0/s1. The monoisotopic (exact) mass is 573 g/mol. The molecule has 170 valence electrons. The number of hydrogen-bond donors (Lipinski definition) is 1. The molecule has 0 saturated heterocycles. The van der Waals surface area contributed by atoms with Gasteiger partial charge < -0.3 is 10.0 Å². The van der Waals surface area contributed by atoms with Gasteiger partial charge in [0, 0.05) is 16.1 Å². The first-order valence-corrected chi connectivity index (χ1v) is 12.6. The molecule has 1 aliphatic heterocycles. The summed E-state index contributed by atoms with van der Waals surface area (Å²) in [5.41, 5.74) is 2.22. The summed E-state index contributed by atoms with van der Waals surface area (Å²) >= 11 is 8.80. The number of benzene rings is 2. The molecule has 1 N–H and O–H groups in total. The molecule has 1 amide bonds. The molecule has 0 radical (unpaired) electrons. The minimum Gasteiger partial charge on any atom is -0.478 e. The number of anilines is 1. The van der Waals surface area contributed by atoms with Crippen molar-refractivity contribution in [1.29, 1.82) is 0 Å². The van der Waals surface area contributed by atoms with Crippen LogP contribution in [0.25, 0.3) is 0 Å². The van der Waals surface area contributed by atoms with E-state index in [0.717, 1.165) is 34.7 Å². The van der Waals surface area contributed by atoms with Crippen LogP contribution in [-0.4, -0.2) is 20.4 Å². The Morgan fingerprint density at radius 3 is 2.64 bits per heavy atom. The number of para-hydroxylation sites is 1. The summed E-state index contributed by atoms with van der Waals surface area (Å²) in [6, 6.07) is 14.9. The number of fused-ring (bicyclic) bond motifs is 2. The highest BCUT2D eigenvalue weighted by atomic mass is 127. The van der Waals surface area contributed by atoms with E-state index in [0.29, 0.717) is 6.54 Å². The van der Waals surface area contributed by atoms with Crippen LogP contribution in [0.3, 0.4) is 0 Å². The molecule has 0 aromatic heterocycles. The van der Waals surface area contributed by atoms with Gasteiger partial charge in [-0.3, -0.25) is 4.79 Å². The highest BCUT2D eigenvalue weighted by molar-refractivity contribution is 14.1. The average molecular weight is 574 g/mol. The molecule has 3 atom stereocenters. The van der Waals surface area contributed by atoms with Crippen LogP contribution in [0.5, 0.6) is 0 Å². The Labute approximate surface area is 212 Å². The van der Waals surface area contributed by atoms with Gasteiger partial charge in [-0.1, -0.05) is 90.5 Å². The van der Waals surface area contributed by atoms with E-state index in [9.17, 15) is 14.7 Å². The molecule has 2 aliphatic carbocycles. The van der Waals surface area contributed by atoms with Gasteiger partial charge in [-0.05, 0) is 54.2 Å². The van der Waals surface area contributed by atoms with Crippen LogP contribution in [-0.2, 0) is 16.8 Å². The number of alkyl halides is 1. The van der Waals surface area contributed by atoms with E-state index < -0.39 is 11.4 Å². The van der Waals surface area contributed by atoms with Gasteiger partial charge in [-0.25, -0.2) is 4.79 Å². The third kappa shape index (κ3) is 3.08. The van der Waals surface area contributed by atoms with E-state index in [-0.39, 0.29) is 26.2 Å². The van der Waals surface area contributed by atoms with Crippen molar-refractivity contribution in [2.75, 3.05) is 4.90 Å². The lowest BCUT2D eigenvalue weighted by molar-refractivity contribution is -0.121. The Morgan fingerprint density at radius 2 is 1.97 bits per heavy atom. The summed E-state index contributed by atoms with van der Waals surface area (Å²) in [5, 5.41) is 10.1. The van der Waals surface area contributed by atoms with Crippen LogP contribution >= 0.6 is 34.2 Å². The minimum absolute atomic E-state index is 0.114. The van der Waals surface area contributed by atoms with Crippen molar-refractivity contribution in [3.05, 3.63) is 88.5 Å². The predicted molar refractivity (Wildman–Crippen MR) is 139 cm³/mol. The van der Waals surface area contributed by atoms with Crippen molar-refractivity contribution in [2.45, 2.75) is 42.1 Å². The Balaban J connectivity index is 1.59. The lowest BCUT2D eigenvalue weighted by Crippen LogP contribution is -2.45. The number of amides is 1. The number of carbonyl (C=O) groups excluding carboxylic acids is 1. The van der Waals surface area contributed by atoms with E-state index in [2.05, 4.69) is 54.7 Å². The lowest BCUT2D eigenvalue weighted by Gasteiger charge is -2.41. The van der Waals surface area contributed by atoms with Crippen LogP contribution in [0.15, 0.2) is 71.8 Å². The molecule has 1 spiro atoms. The zero-order chi connectivity index (χ0) is 23.6. The first kappa shape index (κ1) is 22.7. The normalized spacial score (nSPS) is 30.0. The van der Waals surface area contributed by atoms with Gasteiger partial charge in [0.1, 0.15) is 0 Å². The predicted octanol–water partition coefficient (Wildman–Crippen LogP) is 6.47. The zero-order valence-corrected chi connectivity index (χ0v) is 21.4. The van der Waals surface area contributed by atoms with Gasteiger partial charge in [-0.15, -0.1) is 0 Å². The van der Waals surface area contributed by atoms with Gasteiger partial charge in [0.05, 0.1) is 20.9 Å². The molecule has 6 heteroatoms. The van der Waals surface area contributed by atoms with E-state index in [1.807, 2.05) is 35.2 Å². The van der Waals surface area contributed by atoms with Gasteiger partial charge in [0.2, 0.25) is 5.91 Å². The molecule has 3 aliphatic rings. The fourth-order valence-electron chi connectivity index (χ4n) is 6.25. The van der Waals surface area contributed by atoms with E-state index in [1.165, 1.54) is 0 Å². The number of hydrogen-bond acceptors (Lipinski definition) is 2. The molecular weight excluding hydrogens is 549 g/mol. The van der Waals surface area contributed by atoms with Gasteiger partial charge in [-0.2, -0.15) is 0 Å². The van der Waals surface area contributed by atoms with Crippen LogP contribution in [0.4, 0.5) is 5.69 Å². The van der Waals surface area contributed by atoms with Gasteiger partial charge in [0.15, 0.2) is 0 Å². The summed E-state index contributed by atoms with van der Waals surface area (Å²) in [4.78, 5) is 27.6. The molecule has 1 heterocycles. The third-order valence-corrected chi connectivity index (χ3v) is 9.83. The lowest BCUT2D eigenvalue weighted by atomic mass is 9.69. The fraction of sp³-hybridized carbons (Fsp3) is 0.333. The second-order valence-electron chi connectivity index (χ2n) is 9.61. The number of allylic oxidation sites excluding steroid dienone is 4. The number of nitrogens with zero attached hydrogens (tertiary/aromatic N) is 1. The first-order chi connectivity index (χ1) is 15.7. The molecule has 2 aromatic carbocycles. The number of carboxylic acids is 1. The second kappa shape index (κ2) is 7.70. The summed E-state index contributed by atoms with van der Waals surface area (Å²) in [7, 11) is 0. The molecule has 0 bridgehead atoms. The van der Waals surface area contributed by atoms with Crippen LogP contribution < -0.4 is 4.90 Å². The molecule has 2 aromatic rings. The smallest absolute Gasteiger partial charge is 0.335 e. The number of aromatic carboxylic acids is 1. The van der Waals surface area contributed by atoms with Crippen molar-refractivity contribution in [1.82, 2.24) is 0 Å². The Bertz CT molecular complexity index is 1240. The van der Waals surface area contributed by atoms with E-state index in [4.69, 9.17) is 11.6 Å². The van der Waals surface area contributed by atoms with E-state index in [1.54, 1.807) is 18.2 Å². The van der Waals surface area contributed by atoms with Crippen LogP contribution in [0, 0.1) is 11.3 Å². The maximum absolute atomic E-state index is 14.3. The number of carboxylic acid groups (broad SMARTS) is 1. The SMILES string of the molecule is CC(C)[C@@]1([C@]2(I)C=CC(Cl)=CC2)C[C@@]12C(=O)N(Cc1cccc(C(=O)O)c1)c1ccccc12. The number of carbonyl (C=O) groups is 2. The van der Waals surface area contributed by atoms with Crippen molar-refractivity contribution >= 4 is 51.8 Å². The first-order valence-electron chi connectivity index (χ1n) is 11.1. The van der Waals surface area contributed by atoms with Gasteiger partial charge >= 0.3 is 5.97 Å². The minimum atomic E-state index is -0.967. The van der Waals surface area contributed by atoms with Crippen molar-refractivity contribution in [3.8, 4) is 0 Å². The summed E-state index contributed by atoms with van der Waals surface area (Å²) < 4.78 is -0.223. The quantitative estimate of drug-likeness (QED) is 0.329. The Kier molecular flexibility index (Phi) is 5.29. The maximum Gasteiger partial charge on any atom is 0.335 e. The summed E-state index contributed by atoms with van der Waals surface area (Å²) in [5.74, 6) is -0.579. The largest absolute Gasteiger partial charge is 0.478 e. The summed E-state index contributed by atoms with van der Waals surface area (Å²) in [6.07, 6.45) is 7.80. The fourth-order valence-corrected chi connectivity index (χ4v) is 8.06. The third-order valence-electron chi connectivity index (χ3n) is 7.79. The number of rotatable bonds is 5. The molecule has 1 fully saturated rings. The maximum atomic E-state index is 14.3. The van der Waals surface area contributed by atoms with Crippen molar-refractivity contribution < 1.29 is 14.7 Å². The zero-order valence-electron chi connectivity index (χ0n) is 18.5. The molecular formula is C27H25ClINO3. The Hall–Kier alpha value is -2.12. The second-order valence-corrected chi connectivity index (χ2v) is 12.0. The molecule has 33 heavy (non-hydrogen) atoms. The Morgan fingerprint density at radius 1 is 1.21 bits per heavy atom. The van der Waals surface area contributed by atoms with Crippen LogP contribution in [0.2, 0.25) is 0 Å². The topological polar surface area (TPSA) is 57.6 Å². The average Bonchev–Trinajstić information content (AvgIpc) is 3.48. The highest BCUT2D eigenvalue weighted by Crippen LogP contribution is 2.79. The molecule has 0 unspecified atom stereocenters. The van der Waals surface area contributed by atoms with Gasteiger partial charge in [0.25, 0.3) is 0 Å².